The number of hydrogen-bond acceptors (Lipinski definition) is 2. The summed E-state index contributed by atoms with van der Waals surface area (Å²) in [4.78, 5) is 10.7. The predicted molar refractivity (Wildman–Crippen MR) is 49.1 cm³/mol. The van der Waals surface area contributed by atoms with Gasteiger partial charge in [-0.2, -0.15) is 0 Å². The number of carbonyl (C=O) groups excluding carboxylic acids is 1. The van der Waals surface area contributed by atoms with Crippen molar-refractivity contribution in [3.63, 3.8) is 0 Å². The van der Waals surface area contributed by atoms with Gasteiger partial charge in [0.05, 0.1) is 6.04 Å². The van der Waals surface area contributed by atoms with Crippen molar-refractivity contribution in [1.29, 1.82) is 0 Å². The van der Waals surface area contributed by atoms with Gasteiger partial charge < -0.3 is 10.4 Å². The fraction of sp³-hybridized carbons (Fsp3) is 0.900. The first-order chi connectivity index (χ1) is 6.27. The van der Waals surface area contributed by atoms with E-state index in [1.165, 1.54) is 32.1 Å². The summed E-state index contributed by atoms with van der Waals surface area (Å²) in [5, 5.41) is 12.0. The van der Waals surface area contributed by atoms with E-state index in [0.717, 1.165) is 12.3 Å². The van der Waals surface area contributed by atoms with Gasteiger partial charge in [-0.3, -0.25) is 4.79 Å². The van der Waals surface area contributed by atoms with E-state index in [9.17, 15) is 9.90 Å². The number of rotatable bonds is 2. The van der Waals surface area contributed by atoms with Gasteiger partial charge in [-0.25, -0.2) is 0 Å². The summed E-state index contributed by atoms with van der Waals surface area (Å²) in [7, 11) is 0. The van der Waals surface area contributed by atoms with E-state index in [2.05, 4.69) is 5.32 Å². The minimum absolute atomic E-state index is 0.0515. The van der Waals surface area contributed by atoms with Crippen molar-refractivity contribution in [2.24, 2.45) is 5.92 Å². The van der Waals surface area contributed by atoms with Gasteiger partial charge in [0, 0.05) is 0 Å². The standard InChI is InChI=1S/C10H17NO2/c12-9-8(11-10(9)13)6-7-4-2-1-3-5-7/h7-9,12H,1-6H2,(H,11,13). The van der Waals surface area contributed by atoms with Crippen LogP contribution < -0.4 is 5.32 Å². The molecule has 0 aromatic carbocycles. The van der Waals surface area contributed by atoms with Crippen molar-refractivity contribution in [3.8, 4) is 0 Å². The SMILES string of the molecule is O=C1NC(CC2CCCCC2)C1O. The molecule has 2 unspecified atom stereocenters. The molecule has 2 atom stereocenters. The van der Waals surface area contributed by atoms with Crippen LogP contribution in [0.2, 0.25) is 0 Å². The highest BCUT2D eigenvalue weighted by Crippen LogP contribution is 2.29. The third-order valence-corrected chi connectivity index (χ3v) is 3.29. The highest BCUT2D eigenvalue weighted by atomic mass is 16.3. The molecule has 3 nitrogen and oxygen atoms in total. The fourth-order valence-electron chi connectivity index (χ4n) is 2.40. The number of nitrogens with one attached hydrogen (secondary N) is 1. The van der Waals surface area contributed by atoms with E-state index in [1.54, 1.807) is 0 Å². The first-order valence-electron chi connectivity index (χ1n) is 5.26. The van der Waals surface area contributed by atoms with Crippen LogP contribution in [0, 0.1) is 5.92 Å². The molecule has 13 heavy (non-hydrogen) atoms. The minimum Gasteiger partial charge on any atom is -0.381 e. The van der Waals surface area contributed by atoms with Crippen molar-refractivity contribution in [3.05, 3.63) is 0 Å². The molecule has 3 heteroatoms. The number of amides is 1. The summed E-state index contributed by atoms with van der Waals surface area (Å²) in [6.45, 7) is 0. The molecule has 0 aromatic rings. The molecule has 0 radical (unpaired) electrons. The Kier molecular flexibility index (Phi) is 2.54. The third-order valence-electron chi connectivity index (χ3n) is 3.29. The maximum atomic E-state index is 10.7. The van der Waals surface area contributed by atoms with Crippen LogP contribution in [0.3, 0.4) is 0 Å². The molecule has 2 N–H and O–H groups in total. The number of aliphatic hydroxyl groups excluding tert-OH is 1. The molecule has 1 saturated carbocycles. The Bertz CT molecular complexity index is 199. The highest BCUT2D eigenvalue weighted by Gasteiger charge is 2.38. The average molecular weight is 183 g/mol. The van der Waals surface area contributed by atoms with Crippen LogP contribution in [0.1, 0.15) is 38.5 Å². The predicted octanol–water partition coefficient (Wildman–Crippen LogP) is 0.816. The van der Waals surface area contributed by atoms with Gasteiger partial charge in [-0.15, -0.1) is 0 Å². The molecular formula is C10H17NO2. The van der Waals surface area contributed by atoms with Crippen LogP contribution in [0.5, 0.6) is 0 Å². The third kappa shape index (κ3) is 1.85. The molecule has 2 aliphatic rings. The maximum absolute atomic E-state index is 10.7. The van der Waals surface area contributed by atoms with Gasteiger partial charge in [-0.05, 0) is 12.3 Å². The van der Waals surface area contributed by atoms with Gasteiger partial charge in [0.15, 0.2) is 6.10 Å². The average Bonchev–Trinajstić information content (AvgIpc) is 2.19. The quantitative estimate of drug-likeness (QED) is 0.623. The molecule has 0 bridgehead atoms. The van der Waals surface area contributed by atoms with Gasteiger partial charge in [0.25, 0.3) is 5.91 Å². The molecule has 74 valence electrons. The smallest absolute Gasteiger partial charge is 0.251 e. The summed E-state index contributed by atoms with van der Waals surface area (Å²) < 4.78 is 0. The first-order valence-corrected chi connectivity index (χ1v) is 5.26. The summed E-state index contributed by atoms with van der Waals surface area (Å²) in [6, 6.07) is 0.0515. The van der Waals surface area contributed by atoms with Crippen LogP contribution in [-0.4, -0.2) is 23.2 Å². The second kappa shape index (κ2) is 3.66. The van der Waals surface area contributed by atoms with Crippen LogP contribution in [0.15, 0.2) is 0 Å². The Morgan fingerprint density at radius 2 is 2.00 bits per heavy atom. The van der Waals surface area contributed by atoms with Gasteiger partial charge >= 0.3 is 0 Å². The van der Waals surface area contributed by atoms with Crippen molar-refractivity contribution < 1.29 is 9.90 Å². The largest absolute Gasteiger partial charge is 0.381 e. The Labute approximate surface area is 78.5 Å². The topological polar surface area (TPSA) is 49.3 Å². The van der Waals surface area contributed by atoms with Gasteiger partial charge in [-0.1, -0.05) is 32.1 Å². The van der Waals surface area contributed by atoms with E-state index in [1.807, 2.05) is 0 Å². The highest BCUT2D eigenvalue weighted by molar-refractivity contribution is 5.87. The van der Waals surface area contributed by atoms with Crippen LogP contribution >= 0.6 is 0 Å². The lowest BCUT2D eigenvalue weighted by Crippen LogP contribution is -2.62. The van der Waals surface area contributed by atoms with E-state index < -0.39 is 6.10 Å². The molecule has 0 aromatic heterocycles. The summed E-state index contributed by atoms with van der Waals surface area (Å²) in [5.41, 5.74) is 0. The molecular weight excluding hydrogens is 166 g/mol. The zero-order valence-corrected chi connectivity index (χ0v) is 7.83. The first kappa shape index (κ1) is 9.00. The number of carbonyl (C=O) groups is 1. The Hall–Kier alpha value is -0.570. The zero-order valence-electron chi connectivity index (χ0n) is 7.83. The lowest BCUT2D eigenvalue weighted by Gasteiger charge is -2.36. The second-order valence-corrected chi connectivity index (χ2v) is 4.30. The molecule has 1 aliphatic carbocycles. The normalized spacial score (nSPS) is 35.3. The Morgan fingerprint density at radius 3 is 2.54 bits per heavy atom. The Morgan fingerprint density at radius 1 is 1.31 bits per heavy atom. The molecule has 1 heterocycles. The molecule has 1 saturated heterocycles. The zero-order chi connectivity index (χ0) is 9.26. The van der Waals surface area contributed by atoms with E-state index in [-0.39, 0.29) is 11.9 Å². The number of hydrogen-bond donors (Lipinski definition) is 2. The molecule has 2 rings (SSSR count). The number of aliphatic hydroxyl groups is 1. The molecule has 1 amide bonds. The van der Waals surface area contributed by atoms with Crippen LogP contribution in [0.25, 0.3) is 0 Å². The fourth-order valence-corrected chi connectivity index (χ4v) is 2.40. The van der Waals surface area contributed by atoms with Crippen molar-refractivity contribution in [1.82, 2.24) is 5.32 Å². The van der Waals surface area contributed by atoms with Crippen LogP contribution in [-0.2, 0) is 4.79 Å². The van der Waals surface area contributed by atoms with Gasteiger partial charge in [0.1, 0.15) is 0 Å². The van der Waals surface area contributed by atoms with Crippen molar-refractivity contribution in [2.75, 3.05) is 0 Å². The van der Waals surface area contributed by atoms with E-state index in [4.69, 9.17) is 0 Å². The summed E-state index contributed by atoms with van der Waals surface area (Å²) in [5.74, 6) is 0.537. The van der Waals surface area contributed by atoms with Gasteiger partial charge in [0.2, 0.25) is 0 Å². The lowest BCUT2D eigenvalue weighted by atomic mass is 9.82. The number of β-lactam (4-membered cyclic amide) rings is 1. The Balaban J connectivity index is 1.75. The molecule has 2 fully saturated rings. The summed E-state index contributed by atoms with van der Waals surface area (Å²) >= 11 is 0. The lowest BCUT2D eigenvalue weighted by molar-refractivity contribution is -0.143. The van der Waals surface area contributed by atoms with Crippen molar-refractivity contribution in [2.45, 2.75) is 50.7 Å². The van der Waals surface area contributed by atoms with Crippen LogP contribution in [0.4, 0.5) is 0 Å². The maximum Gasteiger partial charge on any atom is 0.251 e. The van der Waals surface area contributed by atoms with E-state index >= 15 is 0 Å². The second-order valence-electron chi connectivity index (χ2n) is 4.30. The minimum atomic E-state index is -0.720. The van der Waals surface area contributed by atoms with E-state index in [0.29, 0.717) is 0 Å². The van der Waals surface area contributed by atoms with Crippen molar-refractivity contribution >= 4 is 5.91 Å². The monoisotopic (exact) mass is 183 g/mol. The molecule has 0 spiro atoms. The summed E-state index contributed by atoms with van der Waals surface area (Å²) in [6.07, 6.45) is 6.81. The molecule has 1 aliphatic heterocycles.